The van der Waals surface area contributed by atoms with Crippen LogP contribution in [0.4, 0.5) is 5.69 Å². The fourth-order valence-corrected chi connectivity index (χ4v) is 4.28. The number of benzene rings is 1. The summed E-state index contributed by atoms with van der Waals surface area (Å²) in [5, 5.41) is 0.604. The lowest BCUT2D eigenvalue weighted by Crippen LogP contribution is -2.57. The first kappa shape index (κ1) is 15.9. The van der Waals surface area contributed by atoms with E-state index in [4.69, 9.17) is 11.6 Å². The minimum Gasteiger partial charge on any atom is -0.330 e. The lowest BCUT2D eigenvalue weighted by Gasteiger charge is -2.36. The molecule has 3 aliphatic rings. The number of hydrogen-bond donors (Lipinski definition) is 2. The second-order valence-corrected chi connectivity index (χ2v) is 7.19. The van der Waals surface area contributed by atoms with Gasteiger partial charge in [0.15, 0.2) is 0 Å². The minimum absolute atomic E-state index is 0.0380. The molecule has 2 N–H and O–H groups in total. The van der Waals surface area contributed by atoms with E-state index in [9.17, 15) is 9.59 Å². The fraction of sp³-hybridized carbons (Fsp3) is 0.529. The Morgan fingerprint density at radius 3 is 2.88 bits per heavy atom. The first-order valence-corrected chi connectivity index (χ1v) is 8.87. The predicted octanol–water partition coefficient (Wildman–Crippen LogP) is 1.16. The third kappa shape index (κ3) is 2.79. The minimum atomic E-state index is -0.206. The van der Waals surface area contributed by atoms with E-state index in [0.29, 0.717) is 30.1 Å². The maximum atomic E-state index is 12.8. The first-order chi connectivity index (χ1) is 11.6. The van der Waals surface area contributed by atoms with Crippen molar-refractivity contribution < 1.29 is 9.59 Å². The number of hydrazine groups is 1. The average molecular weight is 349 g/mol. The molecule has 1 aromatic rings. The van der Waals surface area contributed by atoms with Gasteiger partial charge in [0.05, 0.1) is 0 Å². The molecule has 3 atom stereocenters. The number of anilines is 1. The van der Waals surface area contributed by atoms with Gasteiger partial charge in [0, 0.05) is 35.8 Å². The molecule has 7 heteroatoms. The molecule has 0 radical (unpaired) electrons. The molecule has 0 aromatic heterocycles. The summed E-state index contributed by atoms with van der Waals surface area (Å²) in [7, 11) is 0. The lowest BCUT2D eigenvalue weighted by molar-refractivity contribution is -0.139. The number of piperazine rings is 1. The SMILES string of the molecule is O=C(C1NNC2CCCC21)N1CCN(c2cccc(Cl)c2)C(=O)C1. The van der Waals surface area contributed by atoms with Crippen LogP contribution in [0, 0.1) is 5.92 Å². The number of rotatable bonds is 2. The molecule has 2 amide bonds. The Labute approximate surface area is 146 Å². The molecule has 1 saturated carbocycles. The Bertz CT molecular complexity index is 668. The highest BCUT2D eigenvalue weighted by Gasteiger charge is 2.44. The Morgan fingerprint density at radius 1 is 1.21 bits per heavy atom. The first-order valence-electron chi connectivity index (χ1n) is 8.49. The number of halogens is 1. The van der Waals surface area contributed by atoms with Crippen LogP contribution in [0.15, 0.2) is 24.3 Å². The standard InChI is InChI=1S/C17H21ClN4O2/c18-11-3-1-4-12(9-11)22-8-7-21(10-15(22)23)17(24)16-13-5-2-6-14(13)19-20-16/h1,3-4,9,13-14,16,19-20H,2,5-8,10H2. The van der Waals surface area contributed by atoms with E-state index >= 15 is 0 Å². The Kier molecular flexibility index (Phi) is 4.20. The molecule has 3 unspecified atom stereocenters. The highest BCUT2D eigenvalue weighted by Crippen LogP contribution is 2.32. The molecular formula is C17H21ClN4O2. The normalized spacial score (nSPS) is 29.9. The van der Waals surface area contributed by atoms with Crippen LogP contribution in [0.2, 0.25) is 5.02 Å². The maximum Gasteiger partial charge on any atom is 0.246 e. The summed E-state index contributed by atoms with van der Waals surface area (Å²) in [6.07, 6.45) is 3.34. The van der Waals surface area contributed by atoms with Crippen molar-refractivity contribution in [3.05, 3.63) is 29.3 Å². The molecule has 0 spiro atoms. The van der Waals surface area contributed by atoms with Crippen LogP contribution in [-0.4, -0.2) is 48.4 Å². The molecule has 0 bridgehead atoms. The molecule has 2 aliphatic heterocycles. The number of carbonyl (C=O) groups is 2. The smallest absolute Gasteiger partial charge is 0.246 e. The summed E-state index contributed by atoms with van der Waals surface area (Å²) < 4.78 is 0. The van der Waals surface area contributed by atoms with Crippen molar-refractivity contribution in [1.82, 2.24) is 15.8 Å². The number of carbonyl (C=O) groups excluding carboxylic acids is 2. The second kappa shape index (κ2) is 6.35. The summed E-state index contributed by atoms with van der Waals surface area (Å²) in [4.78, 5) is 28.7. The van der Waals surface area contributed by atoms with Crippen molar-refractivity contribution >= 4 is 29.1 Å². The monoisotopic (exact) mass is 348 g/mol. The van der Waals surface area contributed by atoms with Gasteiger partial charge < -0.3 is 9.80 Å². The number of hydrogen-bond acceptors (Lipinski definition) is 4. The Balaban J connectivity index is 1.43. The zero-order valence-corrected chi connectivity index (χ0v) is 14.1. The van der Waals surface area contributed by atoms with Crippen LogP contribution < -0.4 is 15.8 Å². The van der Waals surface area contributed by atoms with E-state index in [2.05, 4.69) is 10.9 Å². The molecular weight excluding hydrogens is 328 g/mol. The van der Waals surface area contributed by atoms with Crippen LogP contribution >= 0.6 is 11.6 Å². The summed E-state index contributed by atoms with van der Waals surface area (Å²) >= 11 is 6.01. The van der Waals surface area contributed by atoms with E-state index in [0.717, 1.165) is 24.9 Å². The van der Waals surface area contributed by atoms with E-state index in [1.54, 1.807) is 21.9 Å². The molecule has 4 rings (SSSR count). The third-order valence-corrected chi connectivity index (χ3v) is 5.58. The van der Waals surface area contributed by atoms with Gasteiger partial charge in [-0.1, -0.05) is 24.1 Å². The van der Waals surface area contributed by atoms with Crippen molar-refractivity contribution in [1.29, 1.82) is 0 Å². The molecule has 6 nitrogen and oxygen atoms in total. The van der Waals surface area contributed by atoms with Crippen molar-refractivity contribution in [3.8, 4) is 0 Å². The van der Waals surface area contributed by atoms with Gasteiger partial charge in [-0.15, -0.1) is 0 Å². The number of amides is 2. The van der Waals surface area contributed by atoms with Gasteiger partial charge in [0.1, 0.15) is 12.6 Å². The Hall–Kier alpha value is -1.63. The molecule has 1 aromatic carbocycles. The molecule has 3 fully saturated rings. The molecule has 128 valence electrons. The topological polar surface area (TPSA) is 64.7 Å². The summed E-state index contributed by atoms with van der Waals surface area (Å²) in [6.45, 7) is 1.17. The zero-order valence-electron chi connectivity index (χ0n) is 13.4. The Morgan fingerprint density at radius 2 is 2.08 bits per heavy atom. The fourth-order valence-electron chi connectivity index (χ4n) is 4.09. The molecule has 1 aliphatic carbocycles. The lowest BCUT2D eigenvalue weighted by atomic mass is 9.96. The van der Waals surface area contributed by atoms with E-state index < -0.39 is 0 Å². The van der Waals surface area contributed by atoms with E-state index in [1.807, 2.05) is 12.1 Å². The van der Waals surface area contributed by atoms with Crippen LogP contribution in [0.1, 0.15) is 19.3 Å². The van der Waals surface area contributed by atoms with Crippen molar-refractivity contribution in [2.24, 2.45) is 5.92 Å². The van der Waals surface area contributed by atoms with E-state index in [1.165, 1.54) is 0 Å². The van der Waals surface area contributed by atoms with Gasteiger partial charge in [0.2, 0.25) is 11.8 Å². The predicted molar refractivity (Wildman–Crippen MR) is 91.6 cm³/mol. The number of nitrogens with one attached hydrogen (secondary N) is 2. The van der Waals surface area contributed by atoms with E-state index in [-0.39, 0.29) is 24.4 Å². The summed E-state index contributed by atoms with van der Waals surface area (Å²) in [5.41, 5.74) is 7.16. The van der Waals surface area contributed by atoms with Crippen molar-refractivity contribution in [2.45, 2.75) is 31.3 Å². The van der Waals surface area contributed by atoms with Gasteiger partial charge >= 0.3 is 0 Å². The van der Waals surface area contributed by atoms with Crippen LogP contribution in [-0.2, 0) is 9.59 Å². The van der Waals surface area contributed by atoms with Gasteiger partial charge in [-0.05, 0) is 31.0 Å². The number of fused-ring (bicyclic) bond motifs is 1. The highest BCUT2D eigenvalue weighted by molar-refractivity contribution is 6.30. The average Bonchev–Trinajstić information content (AvgIpc) is 3.17. The van der Waals surface area contributed by atoms with Crippen molar-refractivity contribution in [2.75, 3.05) is 24.5 Å². The highest BCUT2D eigenvalue weighted by atomic mass is 35.5. The van der Waals surface area contributed by atoms with Gasteiger partial charge in [-0.3, -0.25) is 15.0 Å². The zero-order chi connectivity index (χ0) is 16.7. The molecule has 24 heavy (non-hydrogen) atoms. The quantitative estimate of drug-likeness (QED) is 0.842. The van der Waals surface area contributed by atoms with Crippen LogP contribution in [0.5, 0.6) is 0 Å². The summed E-state index contributed by atoms with van der Waals surface area (Å²) in [5.74, 6) is 0.320. The van der Waals surface area contributed by atoms with Crippen molar-refractivity contribution in [3.63, 3.8) is 0 Å². The molecule has 2 heterocycles. The van der Waals surface area contributed by atoms with Gasteiger partial charge in [-0.2, -0.15) is 0 Å². The number of nitrogens with zero attached hydrogens (tertiary/aromatic N) is 2. The maximum absolute atomic E-state index is 12.8. The molecule has 2 saturated heterocycles. The second-order valence-electron chi connectivity index (χ2n) is 6.75. The third-order valence-electron chi connectivity index (χ3n) is 5.34. The van der Waals surface area contributed by atoms with Gasteiger partial charge in [0.25, 0.3) is 0 Å². The van der Waals surface area contributed by atoms with Crippen LogP contribution in [0.3, 0.4) is 0 Å². The van der Waals surface area contributed by atoms with Gasteiger partial charge in [-0.25, -0.2) is 5.43 Å². The summed E-state index contributed by atoms with van der Waals surface area (Å²) in [6, 6.07) is 7.45. The largest absolute Gasteiger partial charge is 0.330 e. The van der Waals surface area contributed by atoms with Crippen LogP contribution in [0.25, 0.3) is 0 Å².